The van der Waals surface area contributed by atoms with E-state index in [0.29, 0.717) is 17.9 Å². The summed E-state index contributed by atoms with van der Waals surface area (Å²) in [6.45, 7) is 2.71. The topological polar surface area (TPSA) is 49.4 Å². The molecule has 2 aromatic carbocycles. The Balaban J connectivity index is 1.58. The minimum absolute atomic E-state index is 0.0440. The highest BCUT2D eigenvalue weighted by Gasteiger charge is 2.21. The lowest BCUT2D eigenvalue weighted by atomic mass is 10.1. The maximum Gasteiger partial charge on any atom is 0.227 e. The van der Waals surface area contributed by atoms with Crippen LogP contribution in [-0.4, -0.2) is 18.4 Å². The Morgan fingerprint density at radius 2 is 2.00 bits per heavy atom. The number of hydrogen-bond donors (Lipinski definition) is 1. The lowest BCUT2D eigenvalue weighted by molar-refractivity contribution is -0.121. The molecule has 2 aromatic rings. The van der Waals surface area contributed by atoms with Crippen LogP contribution < -0.4 is 10.2 Å². The van der Waals surface area contributed by atoms with Gasteiger partial charge in [-0.1, -0.05) is 35.9 Å². The van der Waals surface area contributed by atoms with Gasteiger partial charge < -0.3 is 10.2 Å². The van der Waals surface area contributed by atoms with Gasteiger partial charge in [0.1, 0.15) is 0 Å². The van der Waals surface area contributed by atoms with Crippen molar-refractivity contribution in [1.29, 1.82) is 0 Å². The van der Waals surface area contributed by atoms with E-state index >= 15 is 0 Å². The van der Waals surface area contributed by atoms with E-state index in [1.807, 2.05) is 55.5 Å². The van der Waals surface area contributed by atoms with Gasteiger partial charge in [-0.15, -0.1) is 0 Å². The number of halogens is 1. The van der Waals surface area contributed by atoms with Crippen LogP contribution in [0, 0.1) is 0 Å². The highest BCUT2D eigenvalue weighted by Crippen LogP contribution is 2.22. The fourth-order valence-corrected chi connectivity index (χ4v) is 3.25. The van der Waals surface area contributed by atoms with E-state index in [1.54, 1.807) is 4.90 Å². The normalized spacial score (nSPS) is 15.3. The van der Waals surface area contributed by atoms with Crippen molar-refractivity contribution in [2.24, 2.45) is 0 Å². The number of benzene rings is 2. The summed E-state index contributed by atoms with van der Waals surface area (Å²) in [6.07, 6.45) is 1.83. The number of anilines is 1. The van der Waals surface area contributed by atoms with Crippen LogP contribution in [0.4, 0.5) is 5.69 Å². The Labute approximate surface area is 152 Å². The molecule has 2 amide bonds. The van der Waals surface area contributed by atoms with Crippen LogP contribution in [0.25, 0.3) is 0 Å². The molecule has 1 aliphatic heterocycles. The maximum absolute atomic E-state index is 12.3. The van der Waals surface area contributed by atoms with Crippen LogP contribution in [0.5, 0.6) is 0 Å². The first-order valence-electron chi connectivity index (χ1n) is 8.47. The SMILES string of the molecule is CC(NC(=O)Cc1ccc(N2CCCC2=O)cc1)c1cccc(Cl)c1. The number of nitrogens with one attached hydrogen (secondary N) is 1. The van der Waals surface area contributed by atoms with Crippen molar-refractivity contribution in [3.63, 3.8) is 0 Å². The molecule has 4 nitrogen and oxygen atoms in total. The smallest absolute Gasteiger partial charge is 0.227 e. The summed E-state index contributed by atoms with van der Waals surface area (Å²) >= 11 is 5.99. The molecule has 1 saturated heterocycles. The zero-order valence-corrected chi connectivity index (χ0v) is 14.9. The van der Waals surface area contributed by atoms with Gasteiger partial charge in [0, 0.05) is 23.7 Å². The zero-order valence-electron chi connectivity index (χ0n) is 14.2. The van der Waals surface area contributed by atoms with Crippen LogP contribution in [-0.2, 0) is 16.0 Å². The number of amides is 2. The van der Waals surface area contributed by atoms with Crippen molar-refractivity contribution in [2.75, 3.05) is 11.4 Å². The second-order valence-corrected chi connectivity index (χ2v) is 6.77. The van der Waals surface area contributed by atoms with Gasteiger partial charge in [0.05, 0.1) is 12.5 Å². The summed E-state index contributed by atoms with van der Waals surface area (Å²) in [5.74, 6) is 0.123. The van der Waals surface area contributed by atoms with Gasteiger partial charge in [0.25, 0.3) is 0 Å². The minimum atomic E-state index is -0.104. The van der Waals surface area contributed by atoms with Crippen LogP contribution >= 0.6 is 11.6 Å². The first-order chi connectivity index (χ1) is 12.0. The van der Waals surface area contributed by atoms with E-state index in [4.69, 9.17) is 11.6 Å². The molecule has 1 heterocycles. The molecule has 0 aliphatic carbocycles. The monoisotopic (exact) mass is 356 g/mol. The fraction of sp³-hybridized carbons (Fsp3) is 0.300. The predicted octanol–water partition coefficient (Wildman–Crippen LogP) is 3.89. The molecular weight excluding hydrogens is 336 g/mol. The average Bonchev–Trinajstić information content (AvgIpc) is 3.01. The molecule has 1 fully saturated rings. The van der Waals surface area contributed by atoms with Crippen LogP contribution in [0.3, 0.4) is 0 Å². The molecule has 1 N–H and O–H groups in total. The van der Waals surface area contributed by atoms with Crippen molar-refractivity contribution in [3.05, 3.63) is 64.7 Å². The second-order valence-electron chi connectivity index (χ2n) is 6.34. The van der Waals surface area contributed by atoms with E-state index in [-0.39, 0.29) is 17.9 Å². The molecule has 0 radical (unpaired) electrons. The summed E-state index contributed by atoms with van der Waals surface area (Å²) in [5, 5.41) is 3.64. The largest absolute Gasteiger partial charge is 0.349 e. The van der Waals surface area contributed by atoms with E-state index < -0.39 is 0 Å². The van der Waals surface area contributed by atoms with Gasteiger partial charge in [-0.25, -0.2) is 0 Å². The Morgan fingerprint density at radius 3 is 2.64 bits per heavy atom. The summed E-state index contributed by atoms with van der Waals surface area (Å²) in [5.41, 5.74) is 2.80. The van der Waals surface area contributed by atoms with Crippen molar-refractivity contribution in [2.45, 2.75) is 32.2 Å². The third kappa shape index (κ3) is 4.40. The highest BCUT2D eigenvalue weighted by atomic mass is 35.5. The minimum Gasteiger partial charge on any atom is -0.349 e. The number of carbonyl (C=O) groups excluding carboxylic acids is 2. The molecule has 130 valence electrons. The Hall–Kier alpha value is -2.33. The number of nitrogens with zero attached hydrogens (tertiary/aromatic N) is 1. The summed E-state index contributed by atoms with van der Waals surface area (Å²) < 4.78 is 0. The van der Waals surface area contributed by atoms with E-state index in [9.17, 15) is 9.59 Å². The van der Waals surface area contributed by atoms with Crippen LogP contribution in [0.2, 0.25) is 5.02 Å². The molecule has 0 bridgehead atoms. The third-order valence-corrected chi connectivity index (χ3v) is 4.65. The van der Waals surface area contributed by atoms with Gasteiger partial charge in [-0.3, -0.25) is 9.59 Å². The molecule has 1 atom stereocenters. The van der Waals surface area contributed by atoms with Gasteiger partial charge >= 0.3 is 0 Å². The number of hydrogen-bond acceptors (Lipinski definition) is 2. The lowest BCUT2D eigenvalue weighted by Crippen LogP contribution is -2.28. The van der Waals surface area contributed by atoms with Gasteiger partial charge in [-0.2, -0.15) is 0 Å². The second kappa shape index (κ2) is 7.70. The van der Waals surface area contributed by atoms with Gasteiger partial charge in [0.15, 0.2) is 0 Å². The number of carbonyl (C=O) groups is 2. The zero-order chi connectivity index (χ0) is 17.8. The molecule has 0 aromatic heterocycles. The van der Waals surface area contributed by atoms with Crippen molar-refractivity contribution >= 4 is 29.1 Å². The molecule has 1 unspecified atom stereocenters. The lowest BCUT2D eigenvalue weighted by Gasteiger charge is -2.17. The molecule has 3 rings (SSSR count). The van der Waals surface area contributed by atoms with Gasteiger partial charge in [-0.05, 0) is 48.7 Å². The Kier molecular flexibility index (Phi) is 5.39. The van der Waals surface area contributed by atoms with Crippen LogP contribution in [0.1, 0.15) is 36.9 Å². The molecule has 0 saturated carbocycles. The first-order valence-corrected chi connectivity index (χ1v) is 8.85. The molecule has 25 heavy (non-hydrogen) atoms. The predicted molar refractivity (Wildman–Crippen MR) is 99.7 cm³/mol. The van der Waals surface area contributed by atoms with Crippen molar-refractivity contribution < 1.29 is 9.59 Å². The average molecular weight is 357 g/mol. The standard InChI is InChI=1S/C20H21ClN2O2/c1-14(16-4-2-5-17(21)13-16)22-19(24)12-15-7-9-18(10-8-15)23-11-3-6-20(23)25/h2,4-5,7-10,13-14H,3,6,11-12H2,1H3,(H,22,24). The molecule has 0 spiro atoms. The molecule has 1 aliphatic rings. The van der Waals surface area contributed by atoms with Crippen molar-refractivity contribution in [3.8, 4) is 0 Å². The first kappa shape index (κ1) is 17.5. The van der Waals surface area contributed by atoms with Crippen LogP contribution in [0.15, 0.2) is 48.5 Å². The van der Waals surface area contributed by atoms with Crippen molar-refractivity contribution in [1.82, 2.24) is 5.32 Å². The quantitative estimate of drug-likeness (QED) is 0.883. The third-order valence-electron chi connectivity index (χ3n) is 4.41. The van der Waals surface area contributed by atoms with E-state index in [0.717, 1.165) is 29.8 Å². The summed E-state index contributed by atoms with van der Waals surface area (Å²) in [4.78, 5) is 25.8. The molecular formula is C20H21ClN2O2. The van der Waals surface area contributed by atoms with Gasteiger partial charge in [0.2, 0.25) is 11.8 Å². The number of rotatable bonds is 5. The highest BCUT2D eigenvalue weighted by molar-refractivity contribution is 6.30. The van der Waals surface area contributed by atoms with E-state index in [1.165, 1.54) is 0 Å². The Bertz CT molecular complexity index is 774. The summed E-state index contributed by atoms with van der Waals surface area (Å²) in [7, 11) is 0. The Morgan fingerprint density at radius 1 is 1.24 bits per heavy atom. The molecule has 5 heteroatoms. The maximum atomic E-state index is 12.3. The fourth-order valence-electron chi connectivity index (χ4n) is 3.05. The summed E-state index contributed by atoms with van der Waals surface area (Å²) in [6, 6.07) is 15.0. The van der Waals surface area contributed by atoms with E-state index in [2.05, 4.69) is 5.32 Å².